The highest BCUT2D eigenvalue weighted by Crippen LogP contribution is 2.22. The molecule has 0 spiro atoms. The van der Waals surface area contributed by atoms with Crippen molar-refractivity contribution in [1.29, 1.82) is 5.26 Å². The zero-order valence-electron chi connectivity index (χ0n) is 12.8. The highest BCUT2D eigenvalue weighted by atomic mass is 16.3. The summed E-state index contributed by atoms with van der Waals surface area (Å²) in [6.07, 6.45) is 1.97. The molecule has 0 saturated heterocycles. The van der Waals surface area contributed by atoms with Gasteiger partial charge in [0.2, 0.25) is 5.91 Å². The van der Waals surface area contributed by atoms with E-state index in [-0.39, 0.29) is 18.1 Å². The average molecular weight is 317 g/mol. The van der Waals surface area contributed by atoms with Gasteiger partial charge >= 0.3 is 0 Å². The molecular weight excluding hydrogens is 302 g/mol. The van der Waals surface area contributed by atoms with Crippen LogP contribution in [0.4, 0.5) is 5.69 Å². The van der Waals surface area contributed by atoms with E-state index in [1.165, 1.54) is 12.1 Å². The number of pyridine rings is 1. The van der Waals surface area contributed by atoms with Crippen LogP contribution in [0.3, 0.4) is 0 Å². The molecule has 0 aliphatic heterocycles. The lowest BCUT2D eigenvalue weighted by Crippen LogP contribution is -2.23. The number of phenols is 1. The number of fused-ring (bicyclic) bond motifs is 1. The van der Waals surface area contributed by atoms with Gasteiger partial charge in [-0.05, 0) is 48.4 Å². The van der Waals surface area contributed by atoms with Gasteiger partial charge in [0.05, 0.1) is 17.3 Å². The van der Waals surface area contributed by atoms with Crippen LogP contribution >= 0.6 is 0 Å². The van der Waals surface area contributed by atoms with E-state index in [9.17, 15) is 15.2 Å². The summed E-state index contributed by atoms with van der Waals surface area (Å²) in [5.74, 6) is -1.02. The van der Waals surface area contributed by atoms with Gasteiger partial charge in [0, 0.05) is 11.6 Å². The Labute approximate surface area is 139 Å². The summed E-state index contributed by atoms with van der Waals surface area (Å²) in [6.45, 7) is 0. The molecule has 3 rings (SSSR count). The molecule has 5 nitrogen and oxygen atoms in total. The van der Waals surface area contributed by atoms with E-state index in [0.29, 0.717) is 5.69 Å². The fourth-order valence-corrected chi connectivity index (χ4v) is 2.50. The van der Waals surface area contributed by atoms with Crippen molar-refractivity contribution >= 4 is 22.5 Å². The number of hydrogen-bond acceptors (Lipinski definition) is 4. The van der Waals surface area contributed by atoms with Gasteiger partial charge in [-0.1, -0.05) is 18.2 Å². The lowest BCUT2D eigenvalue weighted by molar-refractivity contribution is -0.118. The molecule has 1 atom stereocenters. The molecule has 2 N–H and O–H groups in total. The topological polar surface area (TPSA) is 86.0 Å². The smallest absolute Gasteiger partial charge is 0.242 e. The largest absolute Gasteiger partial charge is 0.508 e. The van der Waals surface area contributed by atoms with Crippen LogP contribution < -0.4 is 5.32 Å². The lowest BCUT2D eigenvalue weighted by Gasteiger charge is -2.12. The molecule has 0 aliphatic carbocycles. The normalized spacial score (nSPS) is 11.6. The Kier molecular flexibility index (Phi) is 4.39. The molecule has 0 saturated carbocycles. The van der Waals surface area contributed by atoms with Crippen LogP contribution in [-0.4, -0.2) is 16.0 Å². The Morgan fingerprint density at radius 3 is 2.71 bits per heavy atom. The van der Waals surface area contributed by atoms with Crippen molar-refractivity contribution in [3.8, 4) is 11.8 Å². The fraction of sp³-hybridized carbons (Fsp3) is 0.105. The molecule has 1 aromatic heterocycles. The zero-order valence-corrected chi connectivity index (χ0v) is 12.8. The van der Waals surface area contributed by atoms with Crippen molar-refractivity contribution in [2.24, 2.45) is 5.92 Å². The Hall–Kier alpha value is -3.39. The maximum absolute atomic E-state index is 12.5. The molecule has 0 bridgehead atoms. The van der Waals surface area contributed by atoms with Crippen molar-refractivity contribution in [3.63, 3.8) is 0 Å². The van der Waals surface area contributed by atoms with Crippen LogP contribution in [0.15, 0.2) is 60.8 Å². The molecule has 0 radical (unpaired) electrons. The maximum Gasteiger partial charge on any atom is 0.242 e. The van der Waals surface area contributed by atoms with Gasteiger partial charge in [-0.25, -0.2) is 0 Å². The molecular formula is C19H15N3O2. The highest BCUT2D eigenvalue weighted by molar-refractivity contribution is 6.02. The van der Waals surface area contributed by atoms with Gasteiger partial charge in [-0.15, -0.1) is 0 Å². The van der Waals surface area contributed by atoms with E-state index in [1.807, 2.05) is 24.3 Å². The van der Waals surface area contributed by atoms with Crippen molar-refractivity contribution in [2.45, 2.75) is 6.42 Å². The second-order valence-electron chi connectivity index (χ2n) is 5.42. The highest BCUT2D eigenvalue weighted by Gasteiger charge is 2.19. The predicted molar refractivity (Wildman–Crippen MR) is 91.3 cm³/mol. The first-order valence-corrected chi connectivity index (χ1v) is 7.49. The molecule has 0 unspecified atom stereocenters. The average Bonchev–Trinajstić information content (AvgIpc) is 2.61. The summed E-state index contributed by atoms with van der Waals surface area (Å²) in [7, 11) is 0. The van der Waals surface area contributed by atoms with Crippen molar-refractivity contribution in [2.75, 3.05) is 5.32 Å². The first-order valence-electron chi connectivity index (χ1n) is 7.49. The Morgan fingerprint density at radius 1 is 1.17 bits per heavy atom. The minimum atomic E-state index is -0.818. The van der Waals surface area contributed by atoms with Crippen LogP contribution in [-0.2, 0) is 11.2 Å². The van der Waals surface area contributed by atoms with Gasteiger partial charge in [-0.2, -0.15) is 5.26 Å². The number of benzene rings is 2. The molecule has 5 heteroatoms. The third kappa shape index (κ3) is 3.33. The summed E-state index contributed by atoms with van der Waals surface area (Å²) >= 11 is 0. The monoisotopic (exact) mass is 317 g/mol. The molecule has 2 aromatic carbocycles. The van der Waals surface area contributed by atoms with Crippen LogP contribution in [0.25, 0.3) is 10.9 Å². The van der Waals surface area contributed by atoms with Crippen molar-refractivity contribution < 1.29 is 9.90 Å². The first kappa shape index (κ1) is 15.5. The Bertz CT molecular complexity index is 909. The van der Waals surface area contributed by atoms with Crippen LogP contribution in [0, 0.1) is 17.2 Å². The summed E-state index contributed by atoms with van der Waals surface area (Å²) in [6, 6.07) is 17.7. The quantitative estimate of drug-likeness (QED) is 0.773. The molecule has 0 aliphatic rings. The third-order valence-electron chi connectivity index (χ3n) is 3.75. The molecule has 1 heterocycles. The van der Waals surface area contributed by atoms with E-state index >= 15 is 0 Å². The minimum absolute atomic E-state index is 0.153. The number of carbonyl (C=O) groups is 1. The molecule has 3 aromatic rings. The zero-order chi connectivity index (χ0) is 16.9. The molecule has 0 fully saturated rings. The summed E-state index contributed by atoms with van der Waals surface area (Å²) in [5, 5.41) is 22.3. The summed E-state index contributed by atoms with van der Waals surface area (Å²) < 4.78 is 0. The van der Waals surface area contributed by atoms with Crippen LogP contribution in [0.5, 0.6) is 5.75 Å². The van der Waals surface area contributed by atoms with E-state index in [4.69, 9.17) is 0 Å². The number of rotatable bonds is 4. The maximum atomic E-state index is 12.5. The van der Waals surface area contributed by atoms with Gasteiger partial charge in [0.25, 0.3) is 0 Å². The number of amides is 1. The van der Waals surface area contributed by atoms with Crippen LogP contribution in [0.1, 0.15) is 5.56 Å². The Morgan fingerprint density at radius 2 is 1.96 bits per heavy atom. The van der Waals surface area contributed by atoms with Crippen LogP contribution in [0.2, 0.25) is 0 Å². The van der Waals surface area contributed by atoms with E-state index in [1.54, 1.807) is 30.5 Å². The van der Waals surface area contributed by atoms with Gasteiger partial charge in [-0.3, -0.25) is 9.78 Å². The SMILES string of the molecule is N#C[C@@H](Cc1ccc(O)cc1)C(=O)Nc1cccc2ncccc12. The number of phenolic OH excluding ortho intramolecular Hbond substituents is 1. The Balaban J connectivity index is 1.79. The second kappa shape index (κ2) is 6.80. The standard InChI is InChI=1S/C19H15N3O2/c20-12-14(11-13-6-8-15(23)9-7-13)19(24)22-18-5-1-4-17-16(18)3-2-10-21-17/h1-10,14,23H,11H2,(H,22,24)/t14-/m1/s1. The van der Waals surface area contributed by atoms with Gasteiger partial charge < -0.3 is 10.4 Å². The lowest BCUT2D eigenvalue weighted by atomic mass is 9.99. The minimum Gasteiger partial charge on any atom is -0.508 e. The van der Waals surface area contributed by atoms with E-state index in [2.05, 4.69) is 10.3 Å². The molecule has 1 amide bonds. The number of nitrogens with one attached hydrogen (secondary N) is 1. The van der Waals surface area contributed by atoms with Crippen molar-refractivity contribution in [3.05, 3.63) is 66.4 Å². The number of aromatic hydroxyl groups is 1. The fourth-order valence-electron chi connectivity index (χ4n) is 2.50. The number of nitrogens with zero attached hydrogens (tertiary/aromatic N) is 2. The third-order valence-corrected chi connectivity index (χ3v) is 3.75. The van der Waals surface area contributed by atoms with Crippen molar-refractivity contribution in [1.82, 2.24) is 4.98 Å². The number of aromatic nitrogens is 1. The second-order valence-corrected chi connectivity index (χ2v) is 5.42. The predicted octanol–water partition coefficient (Wildman–Crippen LogP) is 3.26. The number of hydrogen-bond donors (Lipinski definition) is 2. The van der Waals surface area contributed by atoms with Gasteiger partial charge in [0.15, 0.2) is 0 Å². The number of nitriles is 1. The molecule has 24 heavy (non-hydrogen) atoms. The van der Waals surface area contributed by atoms with E-state index < -0.39 is 5.92 Å². The number of anilines is 1. The summed E-state index contributed by atoms with van der Waals surface area (Å²) in [5.41, 5.74) is 2.23. The number of carbonyl (C=O) groups excluding carboxylic acids is 1. The summed E-state index contributed by atoms with van der Waals surface area (Å²) in [4.78, 5) is 16.7. The first-order chi connectivity index (χ1) is 11.7. The molecule has 118 valence electrons. The van der Waals surface area contributed by atoms with E-state index in [0.717, 1.165) is 16.5 Å². The van der Waals surface area contributed by atoms with Gasteiger partial charge in [0.1, 0.15) is 11.7 Å².